The summed E-state index contributed by atoms with van der Waals surface area (Å²) in [6.45, 7) is 0. The van der Waals surface area contributed by atoms with Gasteiger partial charge in [0.2, 0.25) is 0 Å². The number of nitrogens with zero attached hydrogens (tertiary/aromatic N) is 1. The molecule has 0 unspecified atom stereocenters. The first-order valence-electron chi connectivity index (χ1n) is 9.32. The number of rotatable bonds is 3. The molecule has 1 aromatic heterocycles. The molecule has 3 aromatic carbocycles. The van der Waals surface area contributed by atoms with Gasteiger partial charge in [-0.25, -0.2) is 0 Å². The molecule has 3 nitrogen and oxygen atoms in total. The summed E-state index contributed by atoms with van der Waals surface area (Å²) in [5, 5.41) is 3.12. The number of hydrogen-bond donors (Lipinski definition) is 0. The molecule has 0 saturated carbocycles. The monoisotopic (exact) mass is 481 g/mol. The number of amides is 1. The van der Waals surface area contributed by atoms with Gasteiger partial charge in [0, 0.05) is 22.0 Å². The minimum absolute atomic E-state index is 0.176. The van der Waals surface area contributed by atoms with Gasteiger partial charge in [0.15, 0.2) is 4.32 Å². The van der Waals surface area contributed by atoms with Gasteiger partial charge in [0.25, 0.3) is 5.91 Å². The summed E-state index contributed by atoms with van der Waals surface area (Å²) in [5.41, 5.74) is 1.46. The molecule has 4 aromatic rings. The highest BCUT2D eigenvalue weighted by Gasteiger charge is 2.34. The summed E-state index contributed by atoms with van der Waals surface area (Å²) in [6, 6.07) is 22.5. The number of halogens is 2. The molecular weight excluding hydrogens is 469 g/mol. The van der Waals surface area contributed by atoms with Crippen molar-refractivity contribution in [1.82, 2.24) is 0 Å². The van der Waals surface area contributed by atoms with Crippen molar-refractivity contribution in [3.05, 3.63) is 93.5 Å². The number of furan rings is 1. The van der Waals surface area contributed by atoms with Crippen LogP contribution in [0.15, 0.2) is 82.1 Å². The molecule has 0 N–H and O–H groups in total. The molecule has 31 heavy (non-hydrogen) atoms. The maximum absolute atomic E-state index is 13.2. The first-order chi connectivity index (χ1) is 15.0. The Labute approximate surface area is 198 Å². The van der Waals surface area contributed by atoms with Crippen LogP contribution < -0.4 is 4.90 Å². The van der Waals surface area contributed by atoms with Crippen molar-refractivity contribution < 1.29 is 9.21 Å². The van der Waals surface area contributed by atoms with Gasteiger partial charge in [-0.3, -0.25) is 9.69 Å². The van der Waals surface area contributed by atoms with Gasteiger partial charge < -0.3 is 4.42 Å². The maximum Gasteiger partial charge on any atom is 0.270 e. The van der Waals surface area contributed by atoms with E-state index in [2.05, 4.69) is 0 Å². The molecule has 152 valence electrons. The summed E-state index contributed by atoms with van der Waals surface area (Å²) in [7, 11) is 0. The molecule has 1 saturated heterocycles. The minimum atomic E-state index is -0.176. The van der Waals surface area contributed by atoms with Crippen LogP contribution in [0.5, 0.6) is 0 Å². The SMILES string of the molecule is O=C1/C(=C\c2ccc(-c3cc(Cl)ccc3Cl)o2)SC(=S)N1c1cccc2ccccc12. The number of fused-ring (bicyclic) bond motifs is 1. The van der Waals surface area contributed by atoms with Crippen molar-refractivity contribution in [2.75, 3.05) is 4.90 Å². The van der Waals surface area contributed by atoms with E-state index in [0.29, 0.717) is 36.4 Å². The van der Waals surface area contributed by atoms with Gasteiger partial charge >= 0.3 is 0 Å². The first kappa shape index (κ1) is 20.3. The van der Waals surface area contributed by atoms with Crippen LogP contribution in [0.1, 0.15) is 5.76 Å². The van der Waals surface area contributed by atoms with Gasteiger partial charge in [-0.2, -0.15) is 0 Å². The normalized spacial score (nSPS) is 15.4. The van der Waals surface area contributed by atoms with E-state index in [1.54, 1.807) is 41.3 Å². The van der Waals surface area contributed by atoms with E-state index in [1.807, 2.05) is 42.5 Å². The van der Waals surface area contributed by atoms with E-state index in [1.165, 1.54) is 11.8 Å². The Morgan fingerprint density at radius 1 is 0.968 bits per heavy atom. The molecule has 0 aliphatic carbocycles. The van der Waals surface area contributed by atoms with Gasteiger partial charge in [-0.15, -0.1) is 0 Å². The van der Waals surface area contributed by atoms with Crippen LogP contribution in [0, 0.1) is 0 Å². The lowest BCUT2D eigenvalue weighted by Gasteiger charge is -2.17. The number of hydrogen-bond acceptors (Lipinski definition) is 4. The average Bonchev–Trinajstić information content (AvgIpc) is 3.34. The fourth-order valence-electron chi connectivity index (χ4n) is 3.47. The second kappa shape index (κ2) is 8.17. The van der Waals surface area contributed by atoms with Crippen LogP contribution in [0.25, 0.3) is 28.2 Å². The molecular formula is C24H13Cl2NO2S2. The molecule has 5 rings (SSSR count). The molecule has 2 heterocycles. The number of carbonyl (C=O) groups is 1. The average molecular weight is 482 g/mol. The molecule has 0 radical (unpaired) electrons. The Bertz CT molecular complexity index is 1390. The van der Waals surface area contributed by atoms with E-state index < -0.39 is 0 Å². The third-order valence-electron chi connectivity index (χ3n) is 4.90. The predicted molar refractivity (Wildman–Crippen MR) is 134 cm³/mol. The maximum atomic E-state index is 13.2. The number of benzene rings is 3. The minimum Gasteiger partial charge on any atom is -0.457 e. The van der Waals surface area contributed by atoms with Crippen LogP contribution in [-0.2, 0) is 4.79 Å². The summed E-state index contributed by atoms with van der Waals surface area (Å²) < 4.78 is 6.40. The lowest BCUT2D eigenvalue weighted by atomic mass is 10.1. The van der Waals surface area contributed by atoms with Gasteiger partial charge in [0.05, 0.1) is 15.6 Å². The van der Waals surface area contributed by atoms with Crippen molar-refractivity contribution in [1.29, 1.82) is 0 Å². The smallest absolute Gasteiger partial charge is 0.270 e. The van der Waals surface area contributed by atoms with Gasteiger partial charge in [-0.05, 0) is 41.8 Å². The Morgan fingerprint density at radius 3 is 2.65 bits per heavy atom. The standard InChI is InChI=1S/C24H13Cl2NO2S2/c25-15-8-10-19(26)18(12-15)21-11-9-16(29-21)13-22-23(28)27(24(30)31-22)20-7-3-5-14-4-1-2-6-17(14)20/h1-13H/b22-13+. The molecule has 1 aliphatic rings. The molecule has 1 aliphatic heterocycles. The van der Waals surface area contributed by atoms with E-state index in [0.717, 1.165) is 16.5 Å². The number of thioether (sulfide) groups is 1. The number of carbonyl (C=O) groups excluding carboxylic acids is 1. The summed E-state index contributed by atoms with van der Waals surface area (Å²) in [5.74, 6) is 0.929. The topological polar surface area (TPSA) is 33.5 Å². The summed E-state index contributed by atoms with van der Waals surface area (Å²) >= 11 is 19.1. The van der Waals surface area contributed by atoms with Crippen LogP contribution >= 0.6 is 47.2 Å². The number of anilines is 1. The van der Waals surface area contributed by atoms with Crippen molar-refractivity contribution >= 4 is 79.9 Å². The van der Waals surface area contributed by atoms with E-state index >= 15 is 0 Å². The fourth-order valence-corrected chi connectivity index (χ4v) is 5.12. The Kier molecular flexibility index (Phi) is 5.36. The number of thiocarbonyl (C=S) groups is 1. The van der Waals surface area contributed by atoms with E-state index in [-0.39, 0.29) is 5.91 Å². The highest BCUT2D eigenvalue weighted by atomic mass is 35.5. The summed E-state index contributed by atoms with van der Waals surface area (Å²) in [6.07, 6.45) is 1.70. The summed E-state index contributed by atoms with van der Waals surface area (Å²) in [4.78, 5) is 15.3. The van der Waals surface area contributed by atoms with Crippen molar-refractivity contribution in [3.63, 3.8) is 0 Å². The quantitative estimate of drug-likeness (QED) is 0.220. The molecule has 0 spiro atoms. The van der Waals surface area contributed by atoms with Crippen LogP contribution in [0.4, 0.5) is 5.69 Å². The second-order valence-electron chi connectivity index (χ2n) is 6.84. The molecule has 7 heteroatoms. The Balaban J connectivity index is 1.49. The van der Waals surface area contributed by atoms with Crippen molar-refractivity contribution in [3.8, 4) is 11.3 Å². The highest BCUT2D eigenvalue weighted by molar-refractivity contribution is 8.27. The third kappa shape index (κ3) is 3.79. The predicted octanol–water partition coefficient (Wildman–Crippen LogP) is 7.81. The van der Waals surface area contributed by atoms with Gasteiger partial charge in [0.1, 0.15) is 11.5 Å². The zero-order chi connectivity index (χ0) is 21.5. The first-order valence-corrected chi connectivity index (χ1v) is 11.3. The second-order valence-corrected chi connectivity index (χ2v) is 9.36. The zero-order valence-corrected chi connectivity index (χ0v) is 19.0. The highest BCUT2D eigenvalue weighted by Crippen LogP contribution is 2.39. The largest absolute Gasteiger partial charge is 0.457 e. The zero-order valence-electron chi connectivity index (χ0n) is 15.8. The Morgan fingerprint density at radius 2 is 1.77 bits per heavy atom. The lowest BCUT2D eigenvalue weighted by molar-refractivity contribution is -0.113. The molecule has 1 fully saturated rings. The molecule has 0 bridgehead atoms. The Hall–Kier alpha value is -2.57. The van der Waals surface area contributed by atoms with Crippen molar-refractivity contribution in [2.24, 2.45) is 0 Å². The van der Waals surface area contributed by atoms with E-state index in [4.69, 9.17) is 39.8 Å². The third-order valence-corrected chi connectivity index (χ3v) is 6.76. The molecule has 0 atom stereocenters. The van der Waals surface area contributed by atoms with E-state index in [9.17, 15) is 4.79 Å². The van der Waals surface area contributed by atoms with Crippen LogP contribution in [0.3, 0.4) is 0 Å². The van der Waals surface area contributed by atoms with Crippen molar-refractivity contribution in [2.45, 2.75) is 0 Å². The van der Waals surface area contributed by atoms with Gasteiger partial charge in [-0.1, -0.05) is 83.6 Å². The van der Waals surface area contributed by atoms with Crippen LogP contribution in [0.2, 0.25) is 10.0 Å². The lowest BCUT2D eigenvalue weighted by Crippen LogP contribution is -2.27. The van der Waals surface area contributed by atoms with Crippen LogP contribution in [-0.4, -0.2) is 10.2 Å². The fraction of sp³-hybridized carbons (Fsp3) is 0. The molecule has 1 amide bonds.